The molecule has 186 valence electrons. The number of hydrogen-bond acceptors (Lipinski definition) is 8. The Bertz CT molecular complexity index is 1100. The maximum atomic E-state index is 12.4. The van der Waals surface area contributed by atoms with E-state index in [4.69, 9.17) is 10.5 Å². The Balaban J connectivity index is 1.90. The molecule has 0 spiro atoms. The van der Waals surface area contributed by atoms with Crippen LogP contribution >= 0.6 is 0 Å². The Hall–Kier alpha value is -3.92. The first-order chi connectivity index (χ1) is 16.9. The van der Waals surface area contributed by atoms with E-state index in [0.29, 0.717) is 34.2 Å². The molecule has 0 radical (unpaired) electrons. The van der Waals surface area contributed by atoms with Crippen molar-refractivity contribution in [1.29, 1.82) is 0 Å². The number of amidine groups is 1. The lowest BCUT2D eigenvalue weighted by Crippen LogP contribution is -2.45. The number of allylic oxidation sites excluding steroid dienone is 1. The number of methoxy groups -OCH3 is 1. The number of rotatable bonds is 10. The fourth-order valence-corrected chi connectivity index (χ4v) is 3.28. The number of ether oxygens (including phenoxy) is 1. The smallest absolute Gasteiger partial charge is 0.252 e. The van der Waals surface area contributed by atoms with Crippen LogP contribution in [-0.4, -0.2) is 64.2 Å². The zero-order valence-corrected chi connectivity index (χ0v) is 20.4. The summed E-state index contributed by atoms with van der Waals surface area (Å²) < 4.78 is 5.67. The third-order valence-corrected chi connectivity index (χ3v) is 5.66. The van der Waals surface area contributed by atoms with Crippen LogP contribution in [0.15, 0.2) is 58.2 Å². The maximum absolute atomic E-state index is 12.4. The number of likely N-dealkylation sites (N-methyl/N-ethyl adjacent to an activating group) is 1. The molecule has 0 atom stereocenters. The van der Waals surface area contributed by atoms with Crippen molar-refractivity contribution in [2.45, 2.75) is 18.9 Å². The van der Waals surface area contributed by atoms with Crippen LogP contribution < -0.4 is 31.7 Å². The van der Waals surface area contributed by atoms with E-state index in [1.807, 2.05) is 12.1 Å². The number of carbonyl (C=O) groups is 2. The lowest BCUT2D eigenvalue weighted by molar-refractivity contribution is -0.120. The van der Waals surface area contributed by atoms with Gasteiger partial charge in [-0.25, -0.2) is 0 Å². The van der Waals surface area contributed by atoms with Crippen molar-refractivity contribution in [2.24, 2.45) is 21.6 Å². The molecule has 0 aromatic heterocycles. The zero-order valence-electron chi connectivity index (χ0n) is 20.4. The summed E-state index contributed by atoms with van der Waals surface area (Å²) in [5, 5.41) is 11.7. The number of nitrogens with one attached hydrogen (secondary N) is 4. The topological polar surface area (TPSA) is 142 Å². The van der Waals surface area contributed by atoms with Gasteiger partial charge in [0.05, 0.1) is 30.1 Å². The molecule has 1 saturated carbocycles. The molecule has 0 unspecified atom stereocenters. The summed E-state index contributed by atoms with van der Waals surface area (Å²) in [6.45, 7) is 5.63. The number of hydrogen-bond donors (Lipinski definition) is 5. The van der Waals surface area contributed by atoms with E-state index >= 15 is 0 Å². The Morgan fingerprint density at radius 2 is 2.03 bits per heavy atom. The predicted octanol–water partition coefficient (Wildman–Crippen LogP) is 1.19. The second kappa shape index (κ2) is 12.0. The molecule has 1 saturated heterocycles. The van der Waals surface area contributed by atoms with Crippen LogP contribution in [0, 0.1) is 5.92 Å². The number of nitrogens with zero attached hydrogens (tertiary/aromatic N) is 2. The average Bonchev–Trinajstić information content (AvgIpc) is 3.68. The molecular formula is C25H33N7O3. The Kier molecular flexibility index (Phi) is 8.80. The monoisotopic (exact) mass is 479 g/mol. The number of para-hydroxylation sites is 1. The fraction of sp³-hybridized carbons (Fsp3) is 0.360. The standard InChI is InChI=1S/C25H33N7O3/c1-15(24(33)28-3)21(12-22(27-2)32-25(34)16-8-9-16)31-20-7-5-6-18(23(20)35-4)19(26)10-11-30-17-13-29-14-17/h5-7,10-12,16-17,29,31H,1,8-9,13-14,26H2,2-4H3,(H,28,33)(H,27,32,34)/b19-10-,21-12+,30-11?. The van der Waals surface area contributed by atoms with Crippen LogP contribution in [0.25, 0.3) is 5.70 Å². The van der Waals surface area contributed by atoms with Gasteiger partial charge in [-0.05, 0) is 31.1 Å². The molecule has 2 amide bonds. The van der Waals surface area contributed by atoms with Gasteiger partial charge in [0, 0.05) is 56.7 Å². The SMILES string of the molecule is C=C(C(=O)NC)/C(=C\C(=NC)NC(=O)C1CC1)Nc1cccc(/C(N)=C/C=NC2CNC2)c1OC. The highest BCUT2D eigenvalue weighted by molar-refractivity contribution is 6.08. The number of nitrogens with two attached hydrogens (primary N) is 1. The van der Waals surface area contributed by atoms with Crippen molar-refractivity contribution in [2.75, 3.05) is 39.6 Å². The number of amides is 2. The molecule has 3 rings (SSSR count). The van der Waals surface area contributed by atoms with E-state index in [1.165, 1.54) is 14.2 Å². The maximum Gasteiger partial charge on any atom is 0.252 e. The minimum Gasteiger partial charge on any atom is -0.494 e. The number of aliphatic imine (C=N–C) groups is 2. The van der Waals surface area contributed by atoms with Gasteiger partial charge in [0.2, 0.25) is 5.91 Å². The fourth-order valence-electron chi connectivity index (χ4n) is 3.28. The van der Waals surface area contributed by atoms with E-state index in [0.717, 1.165) is 25.9 Å². The molecule has 35 heavy (non-hydrogen) atoms. The van der Waals surface area contributed by atoms with Crippen molar-refractivity contribution < 1.29 is 14.3 Å². The molecule has 1 aromatic carbocycles. The van der Waals surface area contributed by atoms with Crippen LogP contribution in [-0.2, 0) is 9.59 Å². The number of anilines is 1. The first-order valence-corrected chi connectivity index (χ1v) is 11.4. The molecule has 0 bridgehead atoms. The molecular weight excluding hydrogens is 446 g/mol. The molecule has 1 aromatic rings. The molecule has 6 N–H and O–H groups in total. The van der Waals surface area contributed by atoms with E-state index in [1.54, 1.807) is 31.5 Å². The van der Waals surface area contributed by atoms with Gasteiger partial charge in [-0.15, -0.1) is 0 Å². The van der Waals surface area contributed by atoms with Gasteiger partial charge < -0.3 is 31.7 Å². The average molecular weight is 480 g/mol. The third kappa shape index (κ3) is 6.80. The van der Waals surface area contributed by atoms with E-state index in [2.05, 4.69) is 37.8 Å². The summed E-state index contributed by atoms with van der Waals surface area (Å²) in [6.07, 6.45) is 6.73. The van der Waals surface area contributed by atoms with Gasteiger partial charge in [0.15, 0.2) is 5.75 Å². The summed E-state index contributed by atoms with van der Waals surface area (Å²) in [5.74, 6) is 0.320. The first kappa shape index (κ1) is 25.7. The first-order valence-electron chi connectivity index (χ1n) is 11.4. The van der Waals surface area contributed by atoms with Crippen LogP contribution in [0.3, 0.4) is 0 Å². The molecule has 1 aliphatic heterocycles. The lowest BCUT2D eigenvalue weighted by Gasteiger charge is -2.22. The second-order valence-electron chi connectivity index (χ2n) is 8.23. The molecule has 2 aliphatic rings. The summed E-state index contributed by atoms with van der Waals surface area (Å²) in [7, 11) is 4.62. The summed E-state index contributed by atoms with van der Waals surface area (Å²) in [5.41, 5.74) is 8.52. The largest absolute Gasteiger partial charge is 0.494 e. The summed E-state index contributed by atoms with van der Waals surface area (Å²) >= 11 is 0. The number of benzene rings is 1. The normalized spacial score (nSPS) is 17.1. The Morgan fingerprint density at radius 3 is 2.60 bits per heavy atom. The van der Waals surface area contributed by atoms with Crippen LogP contribution in [0.5, 0.6) is 5.75 Å². The molecule has 1 heterocycles. The van der Waals surface area contributed by atoms with Gasteiger partial charge in [-0.1, -0.05) is 12.6 Å². The predicted molar refractivity (Wildman–Crippen MR) is 139 cm³/mol. The third-order valence-electron chi connectivity index (χ3n) is 5.66. The van der Waals surface area contributed by atoms with Crippen molar-refractivity contribution >= 4 is 35.2 Å². The Morgan fingerprint density at radius 1 is 1.29 bits per heavy atom. The van der Waals surface area contributed by atoms with Crippen molar-refractivity contribution in [3.8, 4) is 5.75 Å². The number of carbonyl (C=O) groups excluding carboxylic acids is 2. The summed E-state index contributed by atoms with van der Waals surface area (Å²) in [6, 6.07) is 5.71. The van der Waals surface area contributed by atoms with Crippen molar-refractivity contribution in [3.63, 3.8) is 0 Å². The lowest BCUT2D eigenvalue weighted by atomic mass is 10.1. The van der Waals surface area contributed by atoms with E-state index < -0.39 is 0 Å². The highest BCUT2D eigenvalue weighted by atomic mass is 16.5. The highest BCUT2D eigenvalue weighted by Crippen LogP contribution is 2.33. The van der Waals surface area contributed by atoms with Crippen LogP contribution in [0.4, 0.5) is 5.69 Å². The zero-order chi connectivity index (χ0) is 25.4. The van der Waals surface area contributed by atoms with Gasteiger partial charge in [-0.3, -0.25) is 19.6 Å². The van der Waals surface area contributed by atoms with Crippen LogP contribution in [0.1, 0.15) is 18.4 Å². The molecule has 10 nitrogen and oxygen atoms in total. The molecule has 1 aliphatic carbocycles. The van der Waals surface area contributed by atoms with Gasteiger partial charge in [0.25, 0.3) is 5.91 Å². The van der Waals surface area contributed by atoms with Gasteiger partial charge >= 0.3 is 0 Å². The quantitative estimate of drug-likeness (QED) is 0.148. The minimum absolute atomic E-state index is 0.00864. The van der Waals surface area contributed by atoms with Crippen molar-refractivity contribution in [1.82, 2.24) is 16.0 Å². The van der Waals surface area contributed by atoms with E-state index in [-0.39, 0.29) is 29.3 Å². The van der Waals surface area contributed by atoms with Crippen LogP contribution in [0.2, 0.25) is 0 Å². The highest BCUT2D eigenvalue weighted by Gasteiger charge is 2.30. The molecule has 2 fully saturated rings. The minimum atomic E-state index is -0.385. The van der Waals surface area contributed by atoms with E-state index in [9.17, 15) is 9.59 Å². The van der Waals surface area contributed by atoms with Crippen molar-refractivity contribution in [3.05, 3.63) is 53.8 Å². The second-order valence-corrected chi connectivity index (χ2v) is 8.23. The van der Waals surface area contributed by atoms with Gasteiger partial charge in [0.1, 0.15) is 5.84 Å². The van der Waals surface area contributed by atoms with Gasteiger partial charge in [-0.2, -0.15) is 0 Å². The molecule has 10 heteroatoms. The summed E-state index contributed by atoms with van der Waals surface area (Å²) in [4.78, 5) is 33.2. The Labute approximate surface area is 205 Å².